The minimum atomic E-state index is -0.640. The molecule has 1 amide bonds. The van der Waals surface area contributed by atoms with Crippen LogP contribution in [0, 0.1) is 0 Å². The van der Waals surface area contributed by atoms with Crippen LogP contribution in [0.25, 0.3) is 11.4 Å². The largest absolute Gasteiger partial charge is 0.465 e. The lowest BCUT2D eigenvalue weighted by Gasteiger charge is -2.12. The summed E-state index contributed by atoms with van der Waals surface area (Å²) in [7, 11) is 2.49. The molecule has 0 bridgehead atoms. The standard InChI is InChI=1S/C26H29ClN4O5S/c1-4-5-6-7-14-31-23(17-8-11-19(27)12-9-17)29-30-26(31)37-16-22(32)28-21-15-18(24(33)35-2)10-13-20(21)25(34)36-3/h8-13,15H,4-7,14,16H2,1-3H3,(H,28,32). The molecule has 0 saturated heterocycles. The zero-order valence-corrected chi connectivity index (χ0v) is 22.5. The van der Waals surface area contributed by atoms with E-state index in [9.17, 15) is 14.4 Å². The van der Waals surface area contributed by atoms with Crippen molar-refractivity contribution in [1.29, 1.82) is 0 Å². The molecule has 0 aliphatic rings. The number of anilines is 1. The summed E-state index contributed by atoms with van der Waals surface area (Å²) >= 11 is 7.28. The second-order valence-corrected chi connectivity index (χ2v) is 9.48. The lowest BCUT2D eigenvalue weighted by atomic mass is 10.1. The maximum atomic E-state index is 12.9. The molecule has 1 aromatic heterocycles. The van der Waals surface area contributed by atoms with Gasteiger partial charge in [0, 0.05) is 17.1 Å². The highest BCUT2D eigenvalue weighted by Crippen LogP contribution is 2.27. The Morgan fingerprint density at radius 2 is 1.70 bits per heavy atom. The molecule has 0 spiro atoms. The van der Waals surface area contributed by atoms with Crippen LogP contribution in [0.15, 0.2) is 47.6 Å². The third kappa shape index (κ3) is 7.56. The maximum absolute atomic E-state index is 12.9. The lowest BCUT2D eigenvalue weighted by molar-refractivity contribution is -0.113. The molecule has 37 heavy (non-hydrogen) atoms. The monoisotopic (exact) mass is 544 g/mol. The Morgan fingerprint density at radius 1 is 0.973 bits per heavy atom. The predicted octanol–water partition coefficient (Wildman–Crippen LogP) is 5.48. The van der Waals surface area contributed by atoms with Crippen LogP contribution in [0.1, 0.15) is 53.3 Å². The van der Waals surface area contributed by atoms with Gasteiger partial charge in [-0.2, -0.15) is 0 Å². The Bertz CT molecular complexity index is 1250. The van der Waals surface area contributed by atoms with E-state index in [-0.39, 0.29) is 28.5 Å². The van der Waals surface area contributed by atoms with Crippen LogP contribution in [0.3, 0.4) is 0 Å². The number of hydrogen-bond acceptors (Lipinski definition) is 8. The Labute approximate surface area is 224 Å². The summed E-state index contributed by atoms with van der Waals surface area (Å²) in [6.45, 7) is 2.87. The summed E-state index contributed by atoms with van der Waals surface area (Å²) in [5.41, 5.74) is 1.35. The number of benzene rings is 2. The van der Waals surface area contributed by atoms with Crippen molar-refractivity contribution in [1.82, 2.24) is 14.8 Å². The van der Waals surface area contributed by atoms with Gasteiger partial charge in [-0.05, 0) is 48.9 Å². The maximum Gasteiger partial charge on any atom is 0.339 e. The van der Waals surface area contributed by atoms with E-state index in [2.05, 4.69) is 22.4 Å². The number of hydrogen-bond donors (Lipinski definition) is 1. The smallest absolute Gasteiger partial charge is 0.339 e. The molecule has 3 rings (SSSR count). The first-order valence-corrected chi connectivity index (χ1v) is 13.2. The van der Waals surface area contributed by atoms with E-state index < -0.39 is 11.9 Å². The van der Waals surface area contributed by atoms with Crippen molar-refractivity contribution in [3.8, 4) is 11.4 Å². The van der Waals surface area contributed by atoms with Gasteiger partial charge in [-0.1, -0.05) is 49.5 Å². The topological polar surface area (TPSA) is 112 Å². The third-order valence-electron chi connectivity index (χ3n) is 5.51. The van der Waals surface area contributed by atoms with Crippen LogP contribution in [-0.4, -0.2) is 52.6 Å². The van der Waals surface area contributed by atoms with Crippen LogP contribution in [-0.2, 0) is 20.8 Å². The highest BCUT2D eigenvalue weighted by molar-refractivity contribution is 7.99. The molecule has 0 radical (unpaired) electrons. The number of halogens is 1. The van der Waals surface area contributed by atoms with E-state index in [1.54, 1.807) is 12.1 Å². The number of nitrogens with one attached hydrogen (secondary N) is 1. The zero-order valence-electron chi connectivity index (χ0n) is 21.0. The van der Waals surface area contributed by atoms with Gasteiger partial charge in [0.15, 0.2) is 11.0 Å². The summed E-state index contributed by atoms with van der Waals surface area (Å²) in [5, 5.41) is 12.6. The number of unbranched alkanes of at least 4 members (excludes halogenated alkanes) is 3. The van der Waals surface area contributed by atoms with Gasteiger partial charge in [-0.15, -0.1) is 10.2 Å². The summed E-state index contributed by atoms with van der Waals surface area (Å²) in [6.07, 6.45) is 4.29. The van der Waals surface area contributed by atoms with Gasteiger partial charge in [-0.25, -0.2) is 9.59 Å². The van der Waals surface area contributed by atoms with Crippen molar-refractivity contribution in [2.24, 2.45) is 0 Å². The highest BCUT2D eigenvalue weighted by Gasteiger charge is 2.19. The van der Waals surface area contributed by atoms with E-state index in [1.807, 2.05) is 16.7 Å². The van der Waals surface area contributed by atoms with Crippen LogP contribution >= 0.6 is 23.4 Å². The zero-order chi connectivity index (χ0) is 26.8. The second kappa shape index (κ2) is 13.8. The van der Waals surface area contributed by atoms with Gasteiger partial charge in [0.1, 0.15) is 0 Å². The van der Waals surface area contributed by atoms with E-state index in [1.165, 1.54) is 44.2 Å². The van der Waals surface area contributed by atoms with E-state index in [4.69, 9.17) is 21.1 Å². The molecule has 9 nitrogen and oxygen atoms in total. The number of ether oxygens (including phenoxy) is 2. The van der Waals surface area contributed by atoms with Gasteiger partial charge in [0.25, 0.3) is 0 Å². The molecule has 0 unspecified atom stereocenters. The molecule has 1 N–H and O–H groups in total. The molecule has 0 fully saturated rings. The van der Waals surface area contributed by atoms with Gasteiger partial charge >= 0.3 is 11.9 Å². The average molecular weight is 545 g/mol. The Balaban J connectivity index is 1.78. The fraction of sp³-hybridized carbons (Fsp3) is 0.346. The molecular formula is C26H29ClN4O5S. The quantitative estimate of drug-likeness (QED) is 0.181. The number of carbonyl (C=O) groups excluding carboxylic acids is 3. The second-order valence-electron chi connectivity index (χ2n) is 8.11. The van der Waals surface area contributed by atoms with Gasteiger partial charge in [0.05, 0.1) is 36.8 Å². The predicted molar refractivity (Wildman–Crippen MR) is 143 cm³/mol. The summed E-state index contributed by atoms with van der Waals surface area (Å²) in [6, 6.07) is 11.6. The number of amides is 1. The van der Waals surface area contributed by atoms with Crippen LogP contribution in [0.5, 0.6) is 0 Å². The SMILES string of the molecule is CCCCCCn1c(SCC(=O)Nc2cc(C(=O)OC)ccc2C(=O)OC)nnc1-c1ccc(Cl)cc1. The molecule has 0 aliphatic heterocycles. The lowest BCUT2D eigenvalue weighted by Crippen LogP contribution is -2.18. The number of esters is 2. The first-order chi connectivity index (χ1) is 17.9. The van der Waals surface area contributed by atoms with Crippen molar-refractivity contribution < 1.29 is 23.9 Å². The minimum absolute atomic E-state index is 0.0107. The van der Waals surface area contributed by atoms with Crippen molar-refractivity contribution in [2.45, 2.75) is 44.3 Å². The summed E-state index contributed by atoms with van der Waals surface area (Å²) in [4.78, 5) is 37.0. The van der Waals surface area contributed by atoms with Crippen molar-refractivity contribution in [3.05, 3.63) is 58.6 Å². The third-order valence-corrected chi connectivity index (χ3v) is 6.73. The van der Waals surface area contributed by atoms with Crippen molar-refractivity contribution in [3.63, 3.8) is 0 Å². The summed E-state index contributed by atoms with van der Waals surface area (Å²) < 4.78 is 11.5. The molecule has 0 atom stereocenters. The molecule has 3 aromatic rings. The number of carbonyl (C=O) groups is 3. The Morgan fingerprint density at radius 3 is 2.38 bits per heavy atom. The number of nitrogens with zero attached hydrogens (tertiary/aromatic N) is 3. The molecule has 1 heterocycles. The molecular weight excluding hydrogens is 516 g/mol. The Kier molecular flexibility index (Phi) is 10.5. The number of aromatic nitrogens is 3. The highest BCUT2D eigenvalue weighted by atomic mass is 35.5. The van der Waals surface area contributed by atoms with Crippen molar-refractivity contribution in [2.75, 3.05) is 25.3 Å². The normalized spacial score (nSPS) is 10.7. The number of methoxy groups -OCH3 is 2. The number of rotatable bonds is 12. The van der Waals surface area contributed by atoms with Crippen LogP contribution in [0.4, 0.5) is 5.69 Å². The van der Waals surface area contributed by atoms with Gasteiger partial charge in [0.2, 0.25) is 5.91 Å². The minimum Gasteiger partial charge on any atom is -0.465 e. The Hall–Kier alpha value is -3.37. The van der Waals surface area contributed by atoms with E-state index in [0.29, 0.717) is 22.5 Å². The summed E-state index contributed by atoms with van der Waals surface area (Å²) in [5.74, 6) is -0.900. The van der Waals surface area contributed by atoms with Gasteiger partial charge in [-0.3, -0.25) is 4.79 Å². The number of thioether (sulfide) groups is 1. The van der Waals surface area contributed by atoms with E-state index in [0.717, 1.165) is 31.2 Å². The molecule has 0 aliphatic carbocycles. The first kappa shape index (κ1) is 28.2. The van der Waals surface area contributed by atoms with Crippen LogP contribution in [0.2, 0.25) is 5.02 Å². The molecule has 2 aromatic carbocycles. The average Bonchev–Trinajstić information content (AvgIpc) is 3.32. The van der Waals surface area contributed by atoms with Crippen LogP contribution < -0.4 is 5.32 Å². The fourth-order valence-electron chi connectivity index (χ4n) is 3.60. The fourth-order valence-corrected chi connectivity index (χ4v) is 4.49. The molecule has 196 valence electrons. The van der Waals surface area contributed by atoms with Crippen molar-refractivity contribution >= 4 is 46.9 Å². The first-order valence-electron chi connectivity index (χ1n) is 11.8. The van der Waals surface area contributed by atoms with E-state index >= 15 is 0 Å². The molecule has 0 saturated carbocycles. The van der Waals surface area contributed by atoms with Gasteiger partial charge < -0.3 is 19.4 Å². The molecule has 11 heteroatoms.